The molecule has 80 valence electrons. The minimum absolute atomic E-state index is 0.331. The van der Waals surface area contributed by atoms with Crippen LogP contribution in [0.15, 0.2) is 30.3 Å². The van der Waals surface area contributed by atoms with E-state index < -0.39 is 5.97 Å². The Morgan fingerprint density at radius 1 is 1.07 bits per heavy atom. The van der Waals surface area contributed by atoms with Gasteiger partial charge in [0, 0.05) is 12.8 Å². The van der Waals surface area contributed by atoms with E-state index in [2.05, 4.69) is 0 Å². The number of hydrogen-bond acceptors (Lipinski definition) is 3. The molecule has 0 aliphatic rings. The maximum absolute atomic E-state index is 10.2. The van der Waals surface area contributed by atoms with Gasteiger partial charge in [-0.15, -0.1) is 0 Å². The van der Waals surface area contributed by atoms with Crippen molar-refractivity contribution >= 4 is 18.5 Å². The van der Waals surface area contributed by atoms with Gasteiger partial charge in [0.1, 0.15) is 12.6 Å². The number of carboxylic acids is 1. The van der Waals surface area contributed by atoms with Gasteiger partial charge in [0.2, 0.25) is 0 Å². The molecule has 0 aromatic heterocycles. The van der Waals surface area contributed by atoms with E-state index in [9.17, 15) is 14.4 Å². The summed E-state index contributed by atoms with van der Waals surface area (Å²) in [5, 5.41) is 8.38. The van der Waals surface area contributed by atoms with E-state index in [-0.39, 0.29) is 0 Å². The van der Waals surface area contributed by atoms with Crippen molar-refractivity contribution < 1.29 is 19.5 Å². The highest BCUT2D eigenvalue weighted by molar-refractivity contribution is 5.87. The molecule has 15 heavy (non-hydrogen) atoms. The van der Waals surface area contributed by atoms with E-state index in [1.165, 1.54) is 0 Å². The number of carboxylic acid groups (broad SMARTS) is 1. The Hall–Kier alpha value is -1.97. The zero-order valence-corrected chi connectivity index (χ0v) is 8.13. The quantitative estimate of drug-likeness (QED) is 0.602. The molecule has 0 bridgehead atoms. The second kappa shape index (κ2) is 8.62. The molecule has 0 aliphatic heterocycles. The van der Waals surface area contributed by atoms with Crippen molar-refractivity contribution in [3.63, 3.8) is 0 Å². The molecule has 0 fully saturated rings. The van der Waals surface area contributed by atoms with Gasteiger partial charge in [0.05, 0.1) is 5.56 Å². The lowest BCUT2D eigenvalue weighted by Crippen LogP contribution is -1.93. The highest BCUT2D eigenvalue weighted by Crippen LogP contribution is 1.96. The van der Waals surface area contributed by atoms with Crippen molar-refractivity contribution in [2.45, 2.75) is 12.8 Å². The van der Waals surface area contributed by atoms with Crippen LogP contribution in [0, 0.1) is 0 Å². The standard InChI is InChI=1S/C7H6O2.C4H6O2/c8-7(9)6-4-2-1-3-5-6;5-3-1-2-4-6/h1-5H,(H,8,9);3-4H,1-2H2. The van der Waals surface area contributed by atoms with E-state index in [1.807, 2.05) is 0 Å². The Balaban J connectivity index is 0.000000288. The first-order chi connectivity index (χ1) is 7.22. The Morgan fingerprint density at radius 2 is 1.53 bits per heavy atom. The van der Waals surface area contributed by atoms with Crippen molar-refractivity contribution in [1.82, 2.24) is 0 Å². The molecule has 0 amide bonds. The maximum atomic E-state index is 10.2. The number of rotatable bonds is 4. The van der Waals surface area contributed by atoms with Crippen LogP contribution in [-0.2, 0) is 9.59 Å². The summed E-state index contributed by atoms with van der Waals surface area (Å²) in [5.74, 6) is -0.879. The largest absolute Gasteiger partial charge is 0.478 e. The molecule has 1 aromatic rings. The molecule has 1 rings (SSSR count). The second-order valence-corrected chi connectivity index (χ2v) is 2.58. The Bertz CT molecular complexity index is 298. The van der Waals surface area contributed by atoms with Crippen LogP contribution < -0.4 is 0 Å². The zero-order chi connectivity index (χ0) is 11.5. The molecular weight excluding hydrogens is 196 g/mol. The number of carbonyl (C=O) groups is 3. The van der Waals surface area contributed by atoms with Crippen LogP contribution in [0.2, 0.25) is 0 Å². The minimum Gasteiger partial charge on any atom is -0.478 e. The predicted molar refractivity (Wildman–Crippen MR) is 54.8 cm³/mol. The highest BCUT2D eigenvalue weighted by atomic mass is 16.4. The van der Waals surface area contributed by atoms with Crippen LogP contribution in [0.3, 0.4) is 0 Å². The number of benzene rings is 1. The second-order valence-electron chi connectivity index (χ2n) is 2.58. The first-order valence-corrected chi connectivity index (χ1v) is 4.38. The van der Waals surface area contributed by atoms with Crippen molar-refractivity contribution in [3.05, 3.63) is 35.9 Å². The lowest BCUT2D eigenvalue weighted by molar-refractivity contribution is -0.112. The smallest absolute Gasteiger partial charge is 0.335 e. The molecule has 1 aromatic carbocycles. The van der Waals surface area contributed by atoms with Gasteiger partial charge in [0.15, 0.2) is 0 Å². The van der Waals surface area contributed by atoms with Gasteiger partial charge in [-0.05, 0) is 12.1 Å². The fourth-order valence-corrected chi connectivity index (χ4v) is 0.717. The van der Waals surface area contributed by atoms with Gasteiger partial charge in [-0.3, -0.25) is 0 Å². The summed E-state index contributed by atoms with van der Waals surface area (Å²) in [6.45, 7) is 0. The van der Waals surface area contributed by atoms with E-state index in [1.54, 1.807) is 30.3 Å². The SMILES string of the molecule is O=C(O)c1ccccc1.O=CCCC=O. The molecule has 0 spiro atoms. The Kier molecular flexibility index (Phi) is 7.49. The lowest BCUT2D eigenvalue weighted by Gasteiger charge is -1.88. The molecule has 4 heteroatoms. The number of aldehydes is 2. The minimum atomic E-state index is -0.879. The van der Waals surface area contributed by atoms with Crippen LogP contribution in [-0.4, -0.2) is 23.6 Å². The molecule has 0 unspecified atom stereocenters. The molecule has 4 nitrogen and oxygen atoms in total. The summed E-state index contributed by atoms with van der Waals surface area (Å²) in [6, 6.07) is 8.30. The van der Waals surface area contributed by atoms with Crippen LogP contribution in [0.4, 0.5) is 0 Å². The number of unbranched alkanes of at least 4 members (excludes halogenated alkanes) is 1. The third kappa shape index (κ3) is 7.13. The number of carbonyl (C=O) groups excluding carboxylic acids is 2. The van der Waals surface area contributed by atoms with Gasteiger partial charge < -0.3 is 14.7 Å². The fraction of sp³-hybridized carbons (Fsp3) is 0.182. The van der Waals surface area contributed by atoms with Crippen LogP contribution in [0.5, 0.6) is 0 Å². The van der Waals surface area contributed by atoms with E-state index in [0.717, 1.165) is 12.6 Å². The van der Waals surface area contributed by atoms with Gasteiger partial charge in [-0.1, -0.05) is 18.2 Å². The molecule has 0 atom stereocenters. The molecule has 0 saturated carbocycles. The molecule has 0 saturated heterocycles. The Labute approximate surface area is 87.5 Å². The molecular formula is C11H12O4. The molecule has 1 N–H and O–H groups in total. The molecule has 0 aliphatic carbocycles. The van der Waals surface area contributed by atoms with E-state index >= 15 is 0 Å². The summed E-state index contributed by atoms with van der Waals surface area (Å²) in [6.07, 6.45) is 2.19. The first kappa shape index (κ1) is 13.0. The van der Waals surface area contributed by atoms with Crippen molar-refractivity contribution in [2.24, 2.45) is 0 Å². The van der Waals surface area contributed by atoms with Gasteiger partial charge in [-0.2, -0.15) is 0 Å². The van der Waals surface area contributed by atoms with Gasteiger partial charge in [0.25, 0.3) is 0 Å². The summed E-state index contributed by atoms with van der Waals surface area (Å²) in [4.78, 5) is 29.0. The highest BCUT2D eigenvalue weighted by Gasteiger charge is 1.96. The van der Waals surface area contributed by atoms with Crippen LogP contribution in [0.25, 0.3) is 0 Å². The van der Waals surface area contributed by atoms with Gasteiger partial charge >= 0.3 is 5.97 Å². The van der Waals surface area contributed by atoms with E-state index in [0.29, 0.717) is 18.4 Å². The van der Waals surface area contributed by atoms with Crippen molar-refractivity contribution in [2.75, 3.05) is 0 Å². The van der Waals surface area contributed by atoms with Crippen LogP contribution >= 0.6 is 0 Å². The lowest BCUT2D eigenvalue weighted by atomic mass is 10.2. The van der Waals surface area contributed by atoms with Gasteiger partial charge in [-0.25, -0.2) is 4.79 Å². The number of hydrogen-bond donors (Lipinski definition) is 1. The molecule has 0 heterocycles. The number of aromatic carboxylic acids is 1. The first-order valence-electron chi connectivity index (χ1n) is 4.38. The maximum Gasteiger partial charge on any atom is 0.335 e. The average Bonchev–Trinajstić information content (AvgIpc) is 2.28. The monoisotopic (exact) mass is 208 g/mol. The normalized spacial score (nSPS) is 8.27. The topological polar surface area (TPSA) is 71.4 Å². The fourth-order valence-electron chi connectivity index (χ4n) is 0.717. The Morgan fingerprint density at radius 3 is 1.80 bits per heavy atom. The van der Waals surface area contributed by atoms with Crippen molar-refractivity contribution in [3.8, 4) is 0 Å². The average molecular weight is 208 g/mol. The van der Waals surface area contributed by atoms with E-state index in [4.69, 9.17) is 5.11 Å². The zero-order valence-electron chi connectivity index (χ0n) is 8.13. The van der Waals surface area contributed by atoms with Crippen LogP contribution in [0.1, 0.15) is 23.2 Å². The third-order valence-electron chi connectivity index (χ3n) is 1.42. The summed E-state index contributed by atoms with van der Waals surface area (Å²) in [7, 11) is 0. The predicted octanol–water partition coefficient (Wildman–Crippen LogP) is 1.55. The summed E-state index contributed by atoms with van der Waals surface area (Å²) in [5.41, 5.74) is 0.331. The third-order valence-corrected chi connectivity index (χ3v) is 1.42. The van der Waals surface area contributed by atoms with Crippen molar-refractivity contribution in [1.29, 1.82) is 0 Å². The summed E-state index contributed by atoms with van der Waals surface area (Å²) < 4.78 is 0. The summed E-state index contributed by atoms with van der Waals surface area (Å²) >= 11 is 0. The molecule has 0 radical (unpaired) electrons.